The zero-order valence-corrected chi connectivity index (χ0v) is 39.7. The number of esters is 4. The lowest BCUT2D eigenvalue weighted by Crippen LogP contribution is -2.37. The van der Waals surface area contributed by atoms with E-state index in [1.165, 1.54) is 103 Å². The van der Waals surface area contributed by atoms with E-state index in [4.69, 9.17) is 18.9 Å². The lowest BCUT2D eigenvalue weighted by Gasteiger charge is -2.23. The van der Waals surface area contributed by atoms with Crippen LogP contribution in [0.4, 0.5) is 0 Å². The van der Waals surface area contributed by atoms with Crippen molar-refractivity contribution in [2.45, 2.75) is 252 Å². The molecule has 0 aromatic rings. The molecule has 0 bridgehead atoms. The van der Waals surface area contributed by atoms with Gasteiger partial charge in [0.1, 0.15) is 12.7 Å². The zero-order chi connectivity index (χ0) is 43.7. The van der Waals surface area contributed by atoms with Crippen molar-refractivity contribution in [3.8, 4) is 0 Å². The number of unbranched alkanes of at least 4 members (excludes halogenated alkanes) is 20. The molecule has 0 N–H and O–H groups in total. The van der Waals surface area contributed by atoms with Gasteiger partial charge in [-0.15, -0.1) is 0 Å². The third-order valence-electron chi connectivity index (χ3n) is 12.2. The monoisotopic (exact) mass is 850 g/mol. The number of hydrogen-bond acceptors (Lipinski definition) is 9. The maximum atomic E-state index is 13.0. The van der Waals surface area contributed by atoms with E-state index in [2.05, 4.69) is 32.6 Å². The first-order chi connectivity index (χ1) is 29.3. The minimum absolute atomic E-state index is 0.00316. The fourth-order valence-corrected chi connectivity index (χ4v) is 8.29. The summed E-state index contributed by atoms with van der Waals surface area (Å²) in [5, 5.41) is 0. The SMILES string of the molecule is CCCCCCCCC(CCCCCC)C(=O)OCCCCCC(=O)OCC(CN1CCCC1)OC(=O)CCCCCOC(=O)C(CCCCCC)CCCCCCCC. The number of rotatable bonds is 43. The number of carbonyl (C=O) groups excluding carboxylic acids is 4. The molecule has 3 atom stereocenters. The van der Waals surface area contributed by atoms with Crippen molar-refractivity contribution in [3.05, 3.63) is 0 Å². The summed E-state index contributed by atoms with van der Waals surface area (Å²) < 4.78 is 22.9. The highest BCUT2D eigenvalue weighted by molar-refractivity contribution is 5.73. The highest BCUT2D eigenvalue weighted by atomic mass is 16.6. The van der Waals surface area contributed by atoms with Crippen LogP contribution in [0, 0.1) is 11.8 Å². The quantitative estimate of drug-likeness (QED) is 0.0336. The first-order valence-corrected chi connectivity index (χ1v) is 25.7. The first kappa shape index (κ1) is 55.9. The van der Waals surface area contributed by atoms with Gasteiger partial charge in [0.15, 0.2) is 0 Å². The lowest BCUT2D eigenvalue weighted by atomic mass is 9.94. The second-order valence-electron chi connectivity index (χ2n) is 18.0. The van der Waals surface area contributed by atoms with Crippen LogP contribution in [-0.4, -0.2) is 74.3 Å². The van der Waals surface area contributed by atoms with Crippen molar-refractivity contribution in [1.82, 2.24) is 4.90 Å². The van der Waals surface area contributed by atoms with Crippen LogP contribution in [0.1, 0.15) is 246 Å². The van der Waals surface area contributed by atoms with E-state index in [0.717, 1.165) is 103 Å². The van der Waals surface area contributed by atoms with Crippen molar-refractivity contribution in [3.63, 3.8) is 0 Å². The topological polar surface area (TPSA) is 108 Å². The van der Waals surface area contributed by atoms with Crippen molar-refractivity contribution in [2.24, 2.45) is 11.8 Å². The summed E-state index contributed by atoms with van der Waals surface area (Å²) in [6, 6.07) is 0. The number of likely N-dealkylation sites (tertiary alicyclic amines) is 1. The molecule has 0 radical (unpaired) electrons. The molecule has 1 fully saturated rings. The molecule has 3 unspecified atom stereocenters. The van der Waals surface area contributed by atoms with Crippen molar-refractivity contribution < 1.29 is 38.1 Å². The Morgan fingerprint density at radius 1 is 0.433 bits per heavy atom. The van der Waals surface area contributed by atoms with Gasteiger partial charge in [-0.2, -0.15) is 0 Å². The molecule has 0 spiro atoms. The van der Waals surface area contributed by atoms with Crippen LogP contribution in [-0.2, 0) is 38.1 Å². The molecule has 0 amide bonds. The van der Waals surface area contributed by atoms with Crippen LogP contribution in [0.2, 0.25) is 0 Å². The summed E-state index contributed by atoms with van der Waals surface area (Å²) in [6.07, 6.45) is 34.4. The molecule has 352 valence electrons. The van der Waals surface area contributed by atoms with Gasteiger partial charge in [0.2, 0.25) is 0 Å². The molecule has 0 aliphatic carbocycles. The molecule has 9 nitrogen and oxygen atoms in total. The molecular weight excluding hydrogens is 755 g/mol. The molecular formula is C51H95NO8. The number of ether oxygens (including phenoxy) is 4. The van der Waals surface area contributed by atoms with Gasteiger partial charge < -0.3 is 18.9 Å². The molecule has 9 heteroatoms. The second kappa shape index (κ2) is 40.9. The van der Waals surface area contributed by atoms with Gasteiger partial charge >= 0.3 is 23.9 Å². The Kier molecular flexibility index (Phi) is 38.1. The van der Waals surface area contributed by atoms with Crippen molar-refractivity contribution in [1.29, 1.82) is 0 Å². The average molecular weight is 850 g/mol. The van der Waals surface area contributed by atoms with Crippen molar-refractivity contribution >= 4 is 23.9 Å². The van der Waals surface area contributed by atoms with Crippen LogP contribution < -0.4 is 0 Å². The molecule has 0 aromatic carbocycles. The zero-order valence-electron chi connectivity index (χ0n) is 39.7. The third kappa shape index (κ3) is 32.5. The minimum atomic E-state index is -0.493. The largest absolute Gasteiger partial charge is 0.465 e. The molecule has 1 heterocycles. The Hall–Kier alpha value is -2.16. The predicted octanol–water partition coefficient (Wildman–Crippen LogP) is 13.4. The molecule has 1 saturated heterocycles. The number of hydrogen-bond donors (Lipinski definition) is 0. The summed E-state index contributed by atoms with van der Waals surface area (Å²) in [5.74, 6) is -0.648. The van der Waals surface area contributed by atoms with Gasteiger partial charge in [-0.05, 0) is 90.1 Å². The standard InChI is InChI=1S/C51H95NO8/c1-5-9-13-17-19-25-35-45(33-23-15-11-7-3)50(55)57-41-31-21-27-37-48(53)59-44-47(43-52-39-29-30-40-52)60-49(54)38-28-22-32-42-58-51(56)46(34-24-16-12-8-4)36-26-20-18-14-10-6-2/h45-47H,5-44H2,1-4H3. The van der Waals surface area contributed by atoms with E-state index in [0.29, 0.717) is 45.4 Å². The van der Waals surface area contributed by atoms with E-state index >= 15 is 0 Å². The van der Waals surface area contributed by atoms with Gasteiger partial charge in [-0.1, -0.05) is 156 Å². The van der Waals surface area contributed by atoms with E-state index in [1.807, 2.05) is 0 Å². The number of nitrogens with zero attached hydrogens (tertiary/aromatic N) is 1. The Bertz CT molecular complexity index is 1030. The minimum Gasteiger partial charge on any atom is -0.465 e. The Morgan fingerprint density at radius 3 is 1.23 bits per heavy atom. The van der Waals surface area contributed by atoms with E-state index < -0.39 is 6.10 Å². The number of carbonyl (C=O) groups is 4. The van der Waals surface area contributed by atoms with Gasteiger partial charge in [0.25, 0.3) is 0 Å². The fourth-order valence-electron chi connectivity index (χ4n) is 8.29. The normalized spacial score (nSPS) is 14.5. The summed E-state index contributed by atoms with van der Waals surface area (Å²) in [6.45, 7) is 12.2. The molecule has 1 rings (SSSR count). The molecule has 0 aromatic heterocycles. The maximum absolute atomic E-state index is 13.0. The molecule has 1 aliphatic heterocycles. The van der Waals surface area contributed by atoms with Crippen LogP contribution in [0.15, 0.2) is 0 Å². The van der Waals surface area contributed by atoms with E-state index in [9.17, 15) is 19.2 Å². The molecule has 1 aliphatic rings. The second-order valence-corrected chi connectivity index (χ2v) is 18.0. The predicted molar refractivity (Wildman–Crippen MR) is 246 cm³/mol. The van der Waals surface area contributed by atoms with Crippen molar-refractivity contribution in [2.75, 3.05) is 39.5 Å². The van der Waals surface area contributed by atoms with Gasteiger partial charge in [0, 0.05) is 19.4 Å². The average Bonchev–Trinajstić information content (AvgIpc) is 3.76. The smallest absolute Gasteiger partial charge is 0.308 e. The maximum Gasteiger partial charge on any atom is 0.308 e. The lowest BCUT2D eigenvalue weighted by molar-refractivity contribution is -0.160. The van der Waals surface area contributed by atoms with E-state index in [1.54, 1.807) is 0 Å². The summed E-state index contributed by atoms with van der Waals surface area (Å²) in [7, 11) is 0. The summed E-state index contributed by atoms with van der Waals surface area (Å²) in [4.78, 5) is 53.7. The van der Waals surface area contributed by atoms with Crippen LogP contribution in [0.25, 0.3) is 0 Å². The Balaban J connectivity index is 2.37. The molecule has 60 heavy (non-hydrogen) atoms. The highest BCUT2D eigenvalue weighted by Crippen LogP contribution is 2.22. The highest BCUT2D eigenvalue weighted by Gasteiger charge is 2.23. The third-order valence-corrected chi connectivity index (χ3v) is 12.2. The van der Waals surface area contributed by atoms with Crippen LogP contribution in [0.5, 0.6) is 0 Å². The van der Waals surface area contributed by atoms with E-state index in [-0.39, 0.29) is 42.3 Å². The van der Waals surface area contributed by atoms with Gasteiger partial charge in [0.05, 0.1) is 25.0 Å². The first-order valence-electron chi connectivity index (χ1n) is 25.7. The van der Waals surface area contributed by atoms with Crippen LogP contribution >= 0.6 is 0 Å². The molecule has 0 saturated carbocycles. The summed E-state index contributed by atoms with van der Waals surface area (Å²) >= 11 is 0. The van der Waals surface area contributed by atoms with Gasteiger partial charge in [-0.25, -0.2) is 0 Å². The fraction of sp³-hybridized carbons (Fsp3) is 0.922. The Labute approximate surface area is 369 Å². The van der Waals surface area contributed by atoms with Gasteiger partial charge in [-0.3, -0.25) is 24.1 Å². The summed E-state index contributed by atoms with van der Waals surface area (Å²) in [5.41, 5.74) is 0. The van der Waals surface area contributed by atoms with Crippen LogP contribution in [0.3, 0.4) is 0 Å². The Morgan fingerprint density at radius 2 is 0.800 bits per heavy atom.